The van der Waals surface area contributed by atoms with Crippen LogP contribution in [0.2, 0.25) is 0 Å². The highest BCUT2D eigenvalue weighted by molar-refractivity contribution is 6.18. The summed E-state index contributed by atoms with van der Waals surface area (Å²) in [5.41, 5.74) is 0. The summed E-state index contributed by atoms with van der Waals surface area (Å²) >= 11 is 6.23. The second-order valence-electron chi connectivity index (χ2n) is 9.67. The molecule has 0 N–H and O–H groups in total. The van der Waals surface area contributed by atoms with Gasteiger partial charge in [0.1, 0.15) is 0 Å². The van der Waals surface area contributed by atoms with E-state index < -0.39 is 0 Å². The number of hydrogen-bond acceptors (Lipinski definition) is 0. The summed E-state index contributed by atoms with van der Waals surface area (Å²) in [5.74, 6) is 1.67. The molecule has 0 aromatic carbocycles. The van der Waals surface area contributed by atoms with Crippen LogP contribution in [0.3, 0.4) is 0 Å². The van der Waals surface area contributed by atoms with Gasteiger partial charge in [-0.3, -0.25) is 0 Å². The van der Waals surface area contributed by atoms with Gasteiger partial charge in [0, 0.05) is 5.88 Å². The lowest BCUT2D eigenvalue weighted by molar-refractivity contribution is 0.433. The molecule has 29 heavy (non-hydrogen) atoms. The highest BCUT2D eigenvalue weighted by Crippen LogP contribution is 2.21. The van der Waals surface area contributed by atoms with Crippen molar-refractivity contribution in [2.45, 2.75) is 168 Å². The fourth-order valence-corrected chi connectivity index (χ4v) is 4.80. The maximum absolute atomic E-state index is 6.23. The van der Waals surface area contributed by atoms with Crippen molar-refractivity contribution < 1.29 is 0 Å². The summed E-state index contributed by atoms with van der Waals surface area (Å²) in [5, 5.41) is 0. The largest absolute Gasteiger partial charge is 0.126 e. The van der Waals surface area contributed by atoms with Gasteiger partial charge >= 0.3 is 0 Å². The molecule has 0 aliphatic carbocycles. The van der Waals surface area contributed by atoms with Crippen molar-refractivity contribution in [1.82, 2.24) is 0 Å². The summed E-state index contributed by atoms with van der Waals surface area (Å²) in [6.07, 6.45) is 34.4. The van der Waals surface area contributed by atoms with Gasteiger partial charge in [-0.2, -0.15) is 0 Å². The molecule has 1 atom stereocenters. The van der Waals surface area contributed by atoms with Crippen LogP contribution >= 0.6 is 11.6 Å². The van der Waals surface area contributed by atoms with Crippen molar-refractivity contribution in [3.63, 3.8) is 0 Å². The fraction of sp³-hybridized carbons (Fsp3) is 1.00. The van der Waals surface area contributed by atoms with Crippen molar-refractivity contribution in [3.05, 3.63) is 0 Å². The van der Waals surface area contributed by atoms with Gasteiger partial charge in [0.15, 0.2) is 0 Å². The van der Waals surface area contributed by atoms with Crippen molar-refractivity contribution in [3.8, 4) is 0 Å². The molecule has 0 bridgehead atoms. The van der Waals surface area contributed by atoms with Gasteiger partial charge in [0.25, 0.3) is 0 Å². The lowest BCUT2D eigenvalue weighted by Gasteiger charge is -2.13. The zero-order valence-electron chi connectivity index (χ0n) is 20.6. The third kappa shape index (κ3) is 24.4. The molecule has 0 aliphatic rings. The highest BCUT2D eigenvalue weighted by Gasteiger charge is 2.07. The van der Waals surface area contributed by atoms with Crippen molar-refractivity contribution >= 4 is 11.6 Å². The van der Waals surface area contributed by atoms with Gasteiger partial charge < -0.3 is 0 Å². The van der Waals surface area contributed by atoms with Gasteiger partial charge in [-0.15, -0.1) is 11.6 Å². The van der Waals surface area contributed by atoms with Gasteiger partial charge in [0.2, 0.25) is 0 Å². The number of rotatable bonds is 25. The lowest BCUT2D eigenvalue weighted by Crippen LogP contribution is -2.02. The Balaban J connectivity index is 3.27. The van der Waals surface area contributed by atoms with Crippen LogP contribution in [0, 0.1) is 5.92 Å². The zero-order chi connectivity index (χ0) is 21.3. The quantitative estimate of drug-likeness (QED) is 0.100. The van der Waals surface area contributed by atoms with Crippen molar-refractivity contribution in [1.29, 1.82) is 0 Å². The van der Waals surface area contributed by atoms with E-state index in [1.165, 1.54) is 154 Å². The third-order valence-electron chi connectivity index (χ3n) is 6.65. The van der Waals surface area contributed by atoms with E-state index in [1.807, 2.05) is 0 Å². The van der Waals surface area contributed by atoms with Crippen molar-refractivity contribution in [2.75, 3.05) is 5.88 Å². The molecular formula is C28H57Cl. The number of halogens is 1. The van der Waals surface area contributed by atoms with Crippen LogP contribution in [0.15, 0.2) is 0 Å². The van der Waals surface area contributed by atoms with Crippen LogP contribution in [-0.4, -0.2) is 5.88 Å². The second kappa shape index (κ2) is 26.3. The summed E-state index contributed by atoms with van der Waals surface area (Å²) in [7, 11) is 0. The van der Waals surface area contributed by atoms with Gasteiger partial charge in [-0.25, -0.2) is 0 Å². The summed E-state index contributed by atoms with van der Waals surface area (Å²) in [4.78, 5) is 0. The molecule has 0 aromatic heterocycles. The molecule has 0 amide bonds. The first-order valence-corrected chi connectivity index (χ1v) is 14.4. The molecule has 0 radical (unpaired) electrons. The maximum Gasteiger partial charge on any atom is 0.0251 e. The molecule has 0 aromatic rings. The van der Waals surface area contributed by atoms with Crippen LogP contribution in [0.4, 0.5) is 0 Å². The Labute approximate surface area is 191 Å². The van der Waals surface area contributed by atoms with Crippen LogP contribution in [-0.2, 0) is 0 Å². The maximum atomic E-state index is 6.23. The highest BCUT2D eigenvalue weighted by atomic mass is 35.5. The number of hydrogen-bond donors (Lipinski definition) is 0. The van der Waals surface area contributed by atoms with E-state index in [2.05, 4.69) is 13.8 Å². The second-order valence-corrected chi connectivity index (χ2v) is 9.98. The first-order chi connectivity index (χ1) is 14.3. The van der Waals surface area contributed by atoms with E-state index in [4.69, 9.17) is 11.6 Å². The molecule has 0 fully saturated rings. The molecule has 176 valence electrons. The Morgan fingerprint density at radius 1 is 0.379 bits per heavy atom. The first kappa shape index (κ1) is 29.3. The Morgan fingerprint density at radius 2 is 0.621 bits per heavy atom. The van der Waals surface area contributed by atoms with Crippen LogP contribution < -0.4 is 0 Å². The molecule has 0 heterocycles. The standard InChI is InChI=1S/C28H57Cl/c1-3-5-7-9-11-13-15-16-18-20-22-24-26-28(27-29)25-23-21-19-17-14-12-10-8-6-4-2/h28H,3-27H2,1-2H3. The van der Waals surface area contributed by atoms with Crippen LogP contribution in [0.5, 0.6) is 0 Å². The van der Waals surface area contributed by atoms with Crippen LogP contribution in [0.1, 0.15) is 168 Å². The average Bonchev–Trinajstić information content (AvgIpc) is 2.74. The molecule has 1 unspecified atom stereocenters. The lowest BCUT2D eigenvalue weighted by atomic mass is 9.95. The molecular weight excluding hydrogens is 372 g/mol. The molecule has 0 rings (SSSR count). The Kier molecular flexibility index (Phi) is 26.6. The zero-order valence-corrected chi connectivity index (χ0v) is 21.4. The van der Waals surface area contributed by atoms with E-state index in [0.717, 1.165) is 11.8 Å². The minimum Gasteiger partial charge on any atom is -0.126 e. The SMILES string of the molecule is CCCCCCCCCCCCCCC(CCl)CCCCCCCCCCCC. The third-order valence-corrected chi connectivity index (χ3v) is 7.09. The topological polar surface area (TPSA) is 0 Å². The van der Waals surface area contributed by atoms with Gasteiger partial charge in [0.05, 0.1) is 0 Å². The average molecular weight is 429 g/mol. The Morgan fingerprint density at radius 3 is 0.862 bits per heavy atom. The molecule has 0 saturated heterocycles. The van der Waals surface area contributed by atoms with Gasteiger partial charge in [-0.1, -0.05) is 155 Å². The summed E-state index contributed by atoms with van der Waals surface area (Å²) in [6, 6.07) is 0. The predicted octanol–water partition coefficient (Wildman–Crippen LogP) is 11.2. The van der Waals surface area contributed by atoms with E-state index in [0.29, 0.717) is 0 Å². The molecule has 1 heteroatoms. The molecule has 0 nitrogen and oxygen atoms in total. The van der Waals surface area contributed by atoms with Crippen molar-refractivity contribution in [2.24, 2.45) is 5.92 Å². The summed E-state index contributed by atoms with van der Waals surface area (Å²) in [6.45, 7) is 4.60. The number of unbranched alkanes of at least 4 members (excludes halogenated alkanes) is 20. The molecule has 0 aliphatic heterocycles. The molecule has 0 spiro atoms. The summed E-state index contributed by atoms with van der Waals surface area (Å²) < 4.78 is 0. The van der Waals surface area contributed by atoms with Crippen LogP contribution in [0.25, 0.3) is 0 Å². The van der Waals surface area contributed by atoms with E-state index >= 15 is 0 Å². The Hall–Kier alpha value is 0.290. The van der Waals surface area contributed by atoms with E-state index in [9.17, 15) is 0 Å². The minimum atomic E-state index is 0.786. The predicted molar refractivity (Wildman–Crippen MR) is 136 cm³/mol. The monoisotopic (exact) mass is 428 g/mol. The van der Waals surface area contributed by atoms with E-state index in [1.54, 1.807) is 0 Å². The van der Waals surface area contributed by atoms with E-state index in [-0.39, 0.29) is 0 Å². The number of alkyl halides is 1. The normalized spacial score (nSPS) is 12.5. The van der Waals surface area contributed by atoms with Gasteiger partial charge in [-0.05, 0) is 18.8 Å². The first-order valence-electron chi connectivity index (χ1n) is 13.9. The smallest absolute Gasteiger partial charge is 0.0251 e. The fourth-order valence-electron chi connectivity index (χ4n) is 4.49. The molecule has 0 saturated carbocycles. The minimum absolute atomic E-state index is 0.786. The Bertz CT molecular complexity index is 275.